The summed E-state index contributed by atoms with van der Waals surface area (Å²) >= 11 is 11.7. The number of oxazole rings is 1. The Bertz CT molecular complexity index is 468. The summed E-state index contributed by atoms with van der Waals surface area (Å²) in [4.78, 5) is 3.96. The number of hydrogen-bond acceptors (Lipinski definition) is 3. The fourth-order valence-electron chi connectivity index (χ4n) is 1.11. The second kappa shape index (κ2) is 3.52. The lowest BCUT2D eigenvalue weighted by molar-refractivity contribution is 0.581. The van der Waals surface area contributed by atoms with Crippen LogP contribution < -0.4 is 5.73 Å². The first-order valence-electron chi connectivity index (χ1n) is 3.83. The highest BCUT2D eigenvalue weighted by Crippen LogP contribution is 2.29. The summed E-state index contributed by atoms with van der Waals surface area (Å²) in [6, 6.07) is 5.25. The SMILES string of the molecule is Nc1nc(-c2ccc(Cl)cc2Cl)co1. The first kappa shape index (κ1) is 9.37. The van der Waals surface area contributed by atoms with Gasteiger partial charge < -0.3 is 10.2 Å². The number of nitrogen functional groups attached to an aromatic ring is 1. The zero-order valence-corrected chi connectivity index (χ0v) is 8.51. The highest BCUT2D eigenvalue weighted by atomic mass is 35.5. The van der Waals surface area contributed by atoms with E-state index in [4.69, 9.17) is 33.4 Å². The van der Waals surface area contributed by atoms with Crippen molar-refractivity contribution in [1.82, 2.24) is 4.98 Å². The maximum atomic E-state index is 5.97. The van der Waals surface area contributed by atoms with Crippen molar-refractivity contribution >= 4 is 29.2 Å². The minimum absolute atomic E-state index is 0.117. The van der Waals surface area contributed by atoms with E-state index >= 15 is 0 Å². The molecule has 3 nitrogen and oxygen atoms in total. The molecule has 2 N–H and O–H groups in total. The summed E-state index contributed by atoms with van der Waals surface area (Å²) in [7, 11) is 0. The van der Waals surface area contributed by atoms with Crippen LogP contribution in [0.25, 0.3) is 11.3 Å². The third-order valence-electron chi connectivity index (χ3n) is 1.73. The van der Waals surface area contributed by atoms with E-state index in [1.807, 2.05) is 0 Å². The van der Waals surface area contributed by atoms with Gasteiger partial charge in [-0.05, 0) is 18.2 Å². The number of benzene rings is 1. The smallest absolute Gasteiger partial charge is 0.292 e. The molecule has 0 radical (unpaired) electrons. The van der Waals surface area contributed by atoms with E-state index in [2.05, 4.69) is 4.98 Å². The van der Waals surface area contributed by atoms with Gasteiger partial charge in [-0.25, -0.2) is 0 Å². The van der Waals surface area contributed by atoms with Crippen LogP contribution in [0.15, 0.2) is 28.9 Å². The Morgan fingerprint density at radius 1 is 1.29 bits per heavy atom. The van der Waals surface area contributed by atoms with E-state index in [1.54, 1.807) is 18.2 Å². The average molecular weight is 229 g/mol. The molecule has 0 saturated heterocycles. The van der Waals surface area contributed by atoms with Crippen molar-refractivity contribution < 1.29 is 4.42 Å². The van der Waals surface area contributed by atoms with Gasteiger partial charge in [0.05, 0.1) is 5.02 Å². The minimum atomic E-state index is 0.117. The van der Waals surface area contributed by atoms with Gasteiger partial charge in [-0.3, -0.25) is 0 Å². The maximum absolute atomic E-state index is 5.97. The lowest BCUT2D eigenvalue weighted by Gasteiger charge is -1.99. The predicted molar refractivity (Wildman–Crippen MR) is 56.4 cm³/mol. The van der Waals surface area contributed by atoms with Crippen molar-refractivity contribution in [3.63, 3.8) is 0 Å². The van der Waals surface area contributed by atoms with Gasteiger partial charge in [-0.2, -0.15) is 4.98 Å². The number of nitrogens with two attached hydrogens (primary N) is 1. The number of anilines is 1. The molecule has 0 amide bonds. The van der Waals surface area contributed by atoms with Crippen molar-refractivity contribution in [2.75, 3.05) is 5.73 Å². The fraction of sp³-hybridized carbons (Fsp3) is 0. The molecule has 0 aliphatic heterocycles. The van der Waals surface area contributed by atoms with E-state index in [9.17, 15) is 0 Å². The summed E-state index contributed by atoms with van der Waals surface area (Å²) < 4.78 is 4.88. The highest BCUT2D eigenvalue weighted by molar-refractivity contribution is 6.36. The van der Waals surface area contributed by atoms with Gasteiger partial charge in [-0.1, -0.05) is 23.2 Å². The van der Waals surface area contributed by atoms with Crippen LogP contribution in [0.4, 0.5) is 6.01 Å². The molecule has 1 aromatic carbocycles. The van der Waals surface area contributed by atoms with Crippen molar-refractivity contribution in [3.05, 3.63) is 34.5 Å². The molecule has 1 heterocycles. The van der Waals surface area contributed by atoms with Gasteiger partial charge in [0.1, 0.15) is 12.0 Å². The molecule has 1 aromatic heterocycles. The zero-order chi connectivity index (χ0) is 10.1. The van der Waals surface area contributed by atoms with E-state index in [0.29, 0.717) is 15.7 Å². The normalized spacial score (nSPS) is 10.4. The Balaban J connectivity index is 2.52. The third kappa shape index (κ3) is 1.69. The fourth-order valence-corrected chi connectivity index (χ4v) is 1.61. The van der Waals surface area contributed by atoms with Gasteiger partial charge in [0, 0.05) is 10.6 Å². The van der Waals surface area contributed by atoms with Gasteiger partial charge in [0.15, 0.2) is 0 Å². The van der Waals surface area contributed by atoms with Crippen LogP contribution in [0.2, 0.25) is 10.0 Å². The van der Waals surface area contributed by atoms with Crippen LogP contribution in [-0.2, 0) is 0 Å². The largest absolute Gasteiger partial charge is 0.432 e. The Labute approximate surface area is 90.4 Å². The van der Waals surface area contributed by atoms with Crippen LogP contribution in [0.5, 0.6) is 0 Å². The Morgan fingerprint density at radius 3 is 2.64 bits per heavy atom. The van der Waals surface area contributed by atoms with Crippen molar-refractivity contribution in [3.8, 4) is 11.3 Å². The zero-order valence-electron chi connectivity index (χ0n) is 7.00. The summed E-state index contributed by atoms with van der Waals surface area (Å²) in [6.07, 6.45) is 1.45. The van der Waals surface area contributed by atoms with Crippen LogP contribution in [0.1, 0.15) is 0 Å². The molecular formula is C9H6Cl2N2O. The van der Waals surface area contributed by atoms with Gasteiger partial charge in [-0.15, -0.1) is 0 Å². The second-order valence-electron chi connectivity index (χ2n) is 2.70. The molecule has 0 aliphatic rings. The van der Waals surface area contributed by atoms with Crippen molar-refractivity contribution in [1.29, 1.82) is 0 Å². The molecule has 14 heavy (non-hydrogen) atoms. The summed E-state index contributed by atoms with van der Waals surface area (Å²) in [6.45, 7) is 0. The Kier molecular flexibility index (Phi) is 2.35. The molecule has 0 atom stereocenters. The number of rotatable bonds is 1. The molecular weight excluding hydrogens is 223 g/mol. The highest BCUT2D eigenvalue weighted by Gasteiger charge is 2.08. The lowest BCUT2D eigenvalue weighted by atomic mass is 10.2. The van der Waals surface area contributed by atoms with E-state index in [0.717, 1.165) is 5.56 Å². The number of nitrogens with zero attached hydrogens (tertiary/aromatic N) is 1. The van der Waals surface area contributed by atoms with E-state index in [1.165, 1.54) is 6.26 Å². The Morgan fingerprint density at radius 2 is 2.07 bits per heavy atom. The van der Waals surface area contributed by atoms with Gasteiger partial charge in [0.25, 0.3) is 6.01 Å². The second-order valence-corrected chi connectivity index (χ2v) is 3.54. The molecule has 2 aromatic rings. The quantitative estimate of drug-likeness (QED) is 0.816. The van der Waals surface area contributed by atoms with Crippen molar-refractivity contribution in [2.45, 2.75) is 0 Å². The average Bonchev–Trinajstić information content (AvgIpc) is 2.51. The molecule has 0 unspecified atom stereocenters. The molecule has 5 heteroatoms. The molecule has 2 rings (SSSR count). The molecule has 0 spiro atoms. The van der Waals surface area contributed by atoms with Crippen LogP contribution in [-0.4, -0.2) is 4.98 Å². The number of hydrogen-bond donors (Lipinski definition) is 1. The first-order chi connectivity index (χ1) is 6.66. The summed E-state index contributed by atoms with van der Waals surface area (Å²) in [5.41, 5.74) is 6.70. The Hall–Kier alpha value is -1.19. The maximum Gasteiger partial charge on any atom is 0.292 e. The summed E-state index contributed by atoms with van der Waals surface area (Å²) in [5.74, 6) is 0. The van der Waals surface area contributed by atoms with Crippen LogP contribution in [0, 0.1) is 0 Å². The molecule has 0 bridgehead atoms. The molecule has 72 valence electrons. The molecule has 0 aliphatic carbocycles. The monoisotopic (exact) mass is 228 g/mol. The van der Waals surface area contributed by atoms with Crippen LogP contribution >= 0.6 is 23.2 Å². The standard InChI is InChI=1S/C9H6Cl2N2O/c10-5-1-2-6(7(11)3-5)8-4-14-9(12)13-8/h1-4H,(H2,12,13). The van der Waals surface area contributed by atoms with E-state index in [-0.39, 0.29) is 6.01 Å². The first-order valence-corrected chi connectivity index (χ1v) is 4.59. The van der Waals surface area contributed by atoms with Gasteiger partial charge in [0.2, 0.25) is 0 Å². The molecule has 0 fully saturated rings. The summed E-state index contributed by atoms with van der Waals surface area (Å²) in [5, 5.41) is 1.10. The third-order valence-corrected chi connectivity index (χ3v) is 2.28. The number of aromatic nitrogens is 1. The number of halogens is 2. The predicted octanol–water partition coefficient (Wildman–Crippen LogP) is 3.23. The van der Waals surface area contributed by atoms with Crippen molar-refractivity contribution in [2.24, 2.45) is 0 Å². The molecule has 0 saturated carbocycles. The van der Waals surface area contributed by atoms with E-state index < -0.39 is 0 Å². The minimum Gasteiger partial charge on any atom is -0.432 e. The lowest BCUT2D eigenvalue weighted by Crippen LogP contribution is -1.84. The topological polar surface area (TPSA) is 52.0 Å². The van der Waals surface area contributed by atoms with Crippen LogP contribution in [0.3, 0.4) is 0 Å². The van der Waals surface area contributed by atoms with Gasteiger partial charge >= 0.3 is 0 Å².